The summed E-state index contributed by atoms with van der Waals surface area (Å²) in [7, 11) is -2.68. The van der Waals surface area contributed by atoms with E-state index in [9.17, 15) is 8.42 Å². The van der Waals surface area contributed by atoms with Crippen LogP contribution in [-0.2, 0) is 10.1 Å². The molecule has 0 aliphatic heterocycles. The number of benzene rings is 2. The molecule has 0 bridgehead atoms. The van der Waals surface area contributed by atoms with E-state index in [-0.39, 0.29) is 21.4 Å². The highest BCUT2D eigenvalue weighted by molar-refractivity contribution is 7.87. The van der Waals surface area contributed by atoms with E-state index < -0.39 is 10.1 Å². The van der Waals surface area contributed by atoms with E-state index in [2.05, 4.69) is 15.3 Å². The topological polar surface area (TPSA) is 95.7 Å². The summed E-state index contributed by atoms with van der Waals surface area (Å²) in [6, 6.07) is 9.35. The Morgan fingerprint density at radius 2 is 1.81 bits per heavy atom. The zero-order chi connectivity index (χ0) is 19.4. The minimum Gasteiger partial charge on any atom is -0.493 e. The number of ether oxygens (including phenoxy) is 1. The first-order valence-corrected chi connectivity index (χ1v) is 9.45. The van der Waals surface area contributed by atoms with E-state index in [1.54, 1.807) is 18.2 Å². The Morgan fingerprint density at radius 3 is 2.44 bits per heavy atom. The third-order valence-electron chi connectivity index (χ3n) is 3.50. The summed E-state index contributed by atoms with van der Waals surface area (Å²) in [6.07, 6.45) is 4.33. The van der Waals surface area contributed by atoms with Crippen LogP contribution in [0.5, 0.6) is 11.5 Å². The second-order valence-electron chi connectivity index (χ2n) is 5.47. The molecule has 0 aliphatic carbocycles. The van der Waals surface area contributed by atoms with Gasteiger partial charge < -0.3 is 8.92 Å². The minimum absolute atomic E-state index is 0.0180. The lowest BCUT2D eigenvalue weighted by molar-refractivity contribution is 0.390. The van der Waals surface area contributed by atoms with Crippen LogP contribution in [0.4, 0.5) is 0 Å². The number of aromatic nitrogens is 3. The molecular formula is C17H15ClN4O4S. The summed E-state index contributed by atoms with van der Waals surface area (Å²) in [4.78, 5) is 0.0180. The van der Waals surface area contributed by atoms with Gasteiger partial charge in [0.15, 0.2) is 5.75 Å². The van der Waals surface area contributed by atoms with Gasteiger partial charge in [0.1, 0.15) is 17.6 Å². The zero-order valence-electron chi connectivity index (χ0n) is 14.4. The first kappa shape index (κ1) is 18.9. The summed E-state index contributed by atoms with van der Waals surface area (Å²) in [5, 5.41) is 11.4. The van der Waals surface area contributed by atoms with Crippen LogP contribution >= 0.6 is 11.6 Å². The summed E-state index contributed by atoms with van der Waals surface area (Å²) >= 11 is 6.23. The maximum atomic E-state index is 12.5. The van der Waals surface area contributed by atoms with Crippen molar-refractivity contribution in [2.24, 2.45) is 5.10 Å². The number of hydrogen-bond acceptors (Lipinski definition) is 7. The van der Waals surface area contributed by atoms with Crippen LogP contribution in [0.25, 0.3) is 0 Å². The van der Waals surface area contributed by atoms with E-state index in [1.807, 2.05) is 6.92 Å². The van der Waals surface area contributed by atoms with Gasteiger partial charge >= 0.3 is 10.1 Å². The number of methoxy groups -OCH3 is 1. The fraction of sp³-hybridized carbons (Fsp3) is 0.118. The van der Waals surface area contributed by atoms with Gasteiger partial charge in [0.2, 0.25) is 5.75 Å². The standard InChI is InChI=1S/C17H15ClN4O4S/c1-12-3-5-14(6-4-12)27(23,24)26-17-15(18)7-13(8-16(17)25-2)9-21-22-10-19-20-11-22/h3-11H,1-2H3/b21-9+. The number of aryl methyl sites for hydroxylation is 1. The fourth-order valence-corrected chi connectivity index (χ4v) is 3.41. The third kappa shape index (κ3) is 4.44. The smallest absolute Gasteiger partial charge is 0.339 e. The van der Waals surface area contributed by atoms with Crippen molar-refractivity contribution in [3.05, 3.63) is 65.2 Å². The second kappa shape index (κ2) is 7.77. The molecule has 27 heavy (non-hydrogen) atoms. The number of halogens is 1. The molecule has 1 aromatic heterocycles. The predicted octanol–water partition coefficient (Wildman–Crippen LogP) is 2.90. The molecule has 8 nitrogen and oxygen atoms in total. The number of nitrogens with zero attached hydrogens (tertiary/aromatic N) is 4. The van der Waals surface area contributed by atoms with Crippen molar-refractivity contribution in [1.29, 1.82) is 0 Å². The predicted molar refractivity (Wildman–Crippen MR) is 100 cm³/mol. The van der Waals surface area contributed by atoms with Crippen molar-refractivity contribution in [1.82, 2.24) is 14.9 Å². The molecule has 0 spiro atoms. The summed E-state index contributed by atoms with van der Waals surface area (Å²) in [5.41, 5.74) is 1.51. The first-order chi connectivity index (χ1) is 12.9. The Morgan fingerprint density at radius 1 is 1.15 bits per heavy atom. The quantitative estimate of drug-likeness (QED) is 0.461. The monoisotopic (exact) mass is 406 g/mol. The maximum Gasteiger partial charge on any atom is 0.339 e. The SMILES string of the molecule is COc1cc(/C=N/n2cnnc2)cc(Cl)c1OS(=O)(=O)c1ccc(C)cc1. The van der Waals surface area contributed by atoms with E-state index in [0.29, 0.717) is 5.56 Å². The van der Waals surface area contributed by atoms with Gasteiger partial charge in [-0.3, -0.25) is 0 Å². The van der Waals surface area contributed by atoms with Crippen LogP contribution in [0.2, 0.25) is 5.02 Å². The zero-order valence-corrected chi connectivity index (χ0v) is 16.0. The molecule has 2 aromatic carbocycles. The third-order valence-corrected chi connectivity index (χ3v) is 5.02. The van der Waals surface area contributed by atoms with Crippen LogP contribution in [0.3, 0.4) is 0 Å². The Hall–Kier alpha value is -2.91. The Bertz CT molecular complexity index is 1070. The molecule has 0 N–H and O–H groups in total. The maximum absolute atomic E-state index is 12.5. The normalized spacial score (nSPS) is 11.7. The van der Waals surface area contributed by atoms with E-state index >= 15 is 0 Å². The average molecular weight is 407 g/mol. The molecule has 3 rings (SSSR count). The van der Waals surface area contributed by atoms with Gasteiger partial charge in [0.25, 0.3) is 0 Å². The van der Waals surface area contributed by atoms with Crippen LogP contribution in [0.15, 0.2) is 59.0 Å². The highest BCUT2D eigenvalue weighted by Crippen LogP contribution is 2.38. The molecule has 1 heterocycles. The van der Waals surface area contributed by atoms with Gasteiger partial charge in [-0.15, -0.1) is 10.2 Å². The van der Waals surface area contributed by atoms with Gasteiger partial charge in [0.05, 0.1) is 18.3 Å². The second-order valence-corrected chi connectivity index (χ2v) is 7.42. The molecular weight excluding hydrogens is 392 g/mol. The summed E-state index contributed by atoms with van der Waals surface area (Å²) in [5.74, 6) is 0.0598. The van der Waals surface area contributed by atoms with Crippen LogP contribution in [-0.4, -0.2) is 36.6 Å². The van der Waals surface area contributed by atoms with E-state index in [0.717, 1.165) is 5.56 Å². The first-order valence-electron chi connectivity index (χ1n) is 7.67. The molecule has 0 amide bonds. The van der Waals surface area contributed by atoms with Gasteiger partial charge in [-0.1, -0.05) is 29.3 Å². The van der Waals surface area contributed by atoms with Crippen molar-refractivity contribution >= 4 is 27.9 Å². The molecule has 10 heteroatoms. The van der Waals surface area contributed by atoms with Crippen LogP contribution in [0, 0.1) is 6.92 Å². The van der Waals surface area contributed by atoms with Gasteiger partial charge in [-0.25, -0.2) is 4.68 Å². The molecule has 0 radical (unpaired) electrons. The molecule has 0 saturated carbocycles. The molecule has 3 aromatic rings. The molecule has 0 fully saturated rings. The van der Waals surface area contributed by atoms with Crippen molar-refractivity contribution in [2.75, 3.05) is 7.11 Å². The lowest BCUT2D eigenvalue weighted by atomic mass is 10.2. The van der Waals surface area contributed by atoms with Crippen LogP contribution in [0.1, 0.15) is 11.1 Å². The molecule has 0 atom stereocenters. The summed E-state index contributed by atoms with van der Waals surface area (Å²) < 4.78 is 36.9. The molecule has 0 unspecified atom stereocenters. The number of rotatable bonds is 6. The van der Waals surface area contributed by atoms with Crippen molar-refractivity contribution < 1.29 is 17.3 Å². The van der Waals surface area contributed by atoms with E-state index in [1.165, 1.54) is 48.9 Å². The molecule has 0 saturated heterocycles. The fourth-order valence-electron chi connectivity index (χ4n) is 2.15. The van der Waals surface area contributed by atoms with Gasteiger partial charge in [-0.2, -0.15) is 13.5 Å². The van der Waals surface area contributed by atoms with Crippen LogP contribution < -0.4 is 8.92 Å². The van der Waals surface area contributed by atoms with Gasteiger partial charge in [-0.05, 0) is 36.8 Å². The van der Waals surface area contributed by atoms with Crippen molar-refractivity contribution in [2.45, 2.75) is 11.8 Å². The largest absolute Gasteiger partial charge is 0.493 e. The highest BCUT2D eigenvalue weighted by atomic mass is 35.5. The lowest BCUT2D eigenvalue weighted by Crippen LogP contribution is -2.11. The van der Waals surface area contributed by atoms with E-state index in [4.69, 9.17) is 20.5 Å². The lowest BCUT2D eigenvalue weighted by Gasteiger charge is -2.13. The average Bonchev–Trinajstić information content (AvgIpc) is 3.15. The molecule has 0 aliphatic rings. The molecule has 140 valence electrons. The Balaban J connectivity index is 1.92. The Kier molecular flexibility index (Phi) is 5.43. The number of hydrogen-bond donors (Lipinski definition) is 0. The van der Waals surface area contributed by atoms with Crippen molar-refractivity contribution in [3.63, 3.8) is 0 Å². The van der Waals surface area contributed by atoms with Gasteiger partial charge in [0, 0.05) is 0 Å². The highest BCUT2D eigenvalue weighted by Gasteiger charge is 2.22. The summed E-state index contributed by atoms with van der Waals surface area (Å²) in [6.45, 7) is 1.86. The Labute approximate surface area is 161 Å². The van der Waals surface area contributed by atoms with Crippen molar-refractivity contribution in [3.8, 4) is 11.5 Å². The minimum atomic E-state index is -4.06.